The number of non-ortho nitro benzene ring substituents is 1. The van der Waals surface area contributed by atoms with Gasteiger partial charge in [0.15, 0.2) is 15.8 Å². The van der Waals surface area contributed by atoms with Crippen molar-refractivity contribution in [2.24, 2.45) is 0 Å². The highest BCUT2D eigenvalue weighted by atomic mass is 35.5. The summed E-state index contributed by atoms with van der Waals surface area (Å²) in [5.74, 6) is 0.539. The second-order valence-corrected chi connectivity index (χ2v) is 10.1. The third kappa shape index (κ3) is 6.67. The van der Waals surface area contributed by atoms with Crippen LogP contribution in [0.5, 0.6) is 0 Å². The average Bonchev–Trinajstić information content (AvgIpc) is 2.72. The van der Waals surface area contributed by atoms with Crippen LogP contribution < -0.4 is 9.38 Å². The van der Waals surface area contributed by atoms with Crippen LogP contribution in [0.2, 0.25) is 10.0 Å². The smallest absolute Gasteiger partial charge is 0.485 e. The second kappa shape index (κ2) is 10.1. The minimum absolute atomic E-state index is 0.0204. The Morgan fingerprint density at radius 1 is 1.06 bits per heavy atom. The number of fused-ring (bicyclic) bond motifs is 1. The maximum absolute atomic E-state index is 11.2. The molecule has 0 amide bonds. The molecule has 16 heteroatoms. The molecule has 0 unspecified atom stereocenters. The number of nitro groups is 1. The Kier molecular flexibility index (Phi) is 8.18. The van der Waals surface area contributed by atoms with Crippen molar-refractivity contribution in [3.8, 4) is 0 Å². The van der Waals surface area contributed by atoms with E-state index in [1.165, 1.54) is 18.5 Å². The van der Waals surface area contributed by atoms with E-state index in [2.05, 4.69) is 9.97 Å². The van der Waals surface area contributed by atoms with E-state index >= 15 is 0 Å². The maximum atomic E-state index is 11.2. The summed E-state index contributed by atoms with van der Waals surface area (Å²) in [6.07, 6.45) is 1.43. The number of halogens is 5. The highest BCUT2D eigenvalue weighted by Crippen LogP contribution is 2.41. The van der Waals surface area contributed by atoms with Gasteiger partial charge in [0.1, 0.15) is 17.8 Å². The zero-order chi connectivity index (χ0) is 26.9. The summed E-state index contributed by atoms with van der Waals surface area (Å²) >= 11 is 12.5. The number of alkyl halides is 3. The summed E-state index contributed by atoms with van der Waals surface area (Å²) in [5.41, 5.74) is -3.34. The molecule has 0 aliphatic rings. The van der Waals surface area contributed by atoms with Gasteiger partial charge in [-0.15, -0.1) is 0 Å². The van der Waals surface area contributed by atoms with Gasteiger partial charge >= 0.3 is 5.51 Å². The Balaban J connectivity index is 0.000000466. The quantitative estimate of drug-likeness (QED) is 0.147. The first-order chi connectivity index (χ1) is 15.8. The van der Waals surface area contributed by atoms with Crippen molar-refractivity contribution >= 4 is 67.1 Å². The lowest BCUT2D eigenvalue weighted by molar-refractivity contribution is -0.384. The molecule has 0 saturated heterocycles. The van der Waals surface area contributed by atoms with Crippen LogP contribution in [0.25, 0.3) is 10.9 Å². The Morgan fingerprint density at radius 2 is 1.60 bits per heavy atom. The molecule has 2 aromatic carbocycles. The van der Waals surface area contributed by atoms with Gasteiger partial charge < -0.3 is 9.45 Å². The van der Waals surface area contributed by atoms with E-state index in [0.29, 0.717) is 31.2 Å². The topological polar surface area (TPSA) is 129 Å². The Labute approximate surface area is 208 Å². The summed E-state index contributed by atoms with van der Waals surface area (Å²) in [5, 5.41) is 12.6. The Bertz CT molecular complexity index is 1380. The van der Waals surface area contributed by atoms with Gasteiger partial charge in [-0.05, 0) is 12.1 Å². The number of quaternary nitrogens is 1. The van der Waals surface area contributed by atoms with Crippen molar-refractivity contribution in [2.75, 3.05) is 33.1 Å². The fourth-order valence-electron chi connectivity index (χ4n) is 2.86. The lowest BCUT2D eigenvalue weighted by Crippen LogP contribution is -2.36. The summed E-state index contributed by atoms with van der Waals surface area (Å²) in [4.78, 5) is 21.2. The van der Waals surface area contributed by atoms with Crippen LogP contribution in [0.1, 0.15) is 0 Å². The van der Waals surface area contributed by atoms with Gasteiger partial charge in [0.2, 0.25) is 0 Å². The van der Waals surface area contributed by atoms with Gasteiger partial charge in [-0.3, -0.25) is 14.6 Å². The highest BCUT2D eigenvalue weighted by molar-refractivity contribution is 7.86. The Hall–Kier alpha value is -2.78. The first kappa shape index (κ1) is 28.5. The van der Waals surface area contributed by atoms with Crippen molar-refractivity contribution < 1.29 is 31.1 Å². The van der Waals surface area contributed by atoms with E-state index in [-0.39, 0.29) is 5.69 Å². The molecule has 0 saturated carbocycles. The van der Waals surface area contributed by atoms with Crippen molar-refractivity contribution in [1.29, 1.82) is 0 Å². The molecule has 0 aliphatic carbocycles. The third-order valence-corrected chi connectivity index (χ3v) is 5.80. The predicted molar refractivity (Wildman–Crippen MR) is 126 cm³/mol. The lowest BCUT2D eigenvalue weighted by atomic mass is 10.1. The number of hydrogen-bond donors (Lipinski definition) is 0. The monoisotopic (exact) mass is 555 g/mol. The third-order valence-electron chi connectivity index (χ3n) is 4.51. The first-order valence-corrected chi connectivity index (χ1v) is 11.5. The van der Waals surface area contributed by atoms with E-state index in [0.717, 1.165) is 11.4 Å². The van der Waals surface area contributed by atoms with Crippen LogP contribution in [0, 0.1) is 10.1 Å². The molecule has 35 heavy (non-hydrogen) atoms. The van der Waals surface area contributed by atoms with Crippen molar-refractivity contribution in [3.63, 3.8) is 0 Å². The summed E-state index contributed by atoms with van der Waals surface area (Å²) in [7, 11) is 1.78. The normalized spacial score (nSPS) is 12.2. The van der Waals surface area contributed by atoms with Crippen LogP contribution >= 0.6 is 23.2 Å². The number of hydrogen-bond acceptors (Lipinski definition) is 8. The number of nitrogens with zero attached hydrogens (tertiary/aromatic N) is 5. The Morgan fingerprint density at radius 3 is 2.09 bits per heavy atom. The molecular weight excluding hydrogens is 538 g/mol. The largest absolute Gasteiger partial charge is 0.741 e. The van der Waals surface area contributed by atoms with Crippen molar-refractivity contribution in [3.05, 3.63) is 56.8 Å². The molecule has 0 bridgehead atoms. The van der Waals surface area contributed by atoms with Gasteiger partial charge in [-0.1, -0.05) is 23.2 Å². The fourth-order valence-corrected chi connectivity index (χ4v) is 3.17. The van der Waals surface area contributed by atoms with Gasteiger partial charge in [-0.25, -0.2) is 18.4 Å². The minimum atomic E-state index is -6.09. The van der Waals surface area contributed by atoms with Gasteiger partial charge in [0.05, 0.1) is 47.0 Å². The highest BCUT2D eigenvalue weighted by Gasteiger charge is 2.37. The number of nitro benzene ring substituents is 1. The zero-order valence-electron chi connectivity index (χ0n) is 18.5. The number of rotatable bonds is 4. The fraction of sp³-hybridized carbons (Fsp3) is 0.263. The van der Waals surface area contributed by atoms with Crippen LogP contribution in [-0.2, 0) is 10.1 Å². The molecule has 0 aliphatic heterocycles. The second-order valence-electron chi connectivity index (χ2n) is 7.88. The van der Waals surface area contributed by atoms with E-state index in [4.69, 9.17) is 36.2 Å². The lowest BCUT2D eigenvalue weighted by Gasteiger charge is -2.30. The molecule has 0 fully saturated rings. The van der Waals surface area contributed by atoms with Crippen LogP contribution in [-0.4, -0.2) is 61.6 Å². The molecule has 3 aromatic rings. The minimum Gasteiger partial charge on any atom is -0.741 e. The number of aromatic nitrogens is 2. The first-order valence-electron chi connectivity index (χ1n) is 9.30. The van der Waals surface area contributed by atoms with E-state index in [9.17, 15) is 23.3 Å². The van der Waals surface area contributed by atoms with Crippen LogP contribution in [0.4, 0.5) is 36.1 Å². The zero-order valence-corrected chi connectivity index (χ0v) is 20.9. The van der Waals surface area contributed by atoms with Crippen molar-refractivity contribution in [2.45, 2.75) is 5.51 Å². The predicted octanol–water partition coefficient (Wildman–Crippen LogP) is 4.86. The van der Waals surface area contributed by atoms with Gasteiger partial charge in [-0.2, -0.15) is 13.2 Å². The molecule has 1 aromatic heterocycles. The molecule has 0 atom stereocenters. The molecule has 3 rings (SSSR count). The van der Waals surface area contributed by atoms with E-state index in [1.54, 1.807) is 12.1 Å². The van der Waals surface area contributed by atoms with Gasteiger partial charge in [0, 0.05) is 25.2 Å². The molecule has 190 valence electrons. The maximum Gasteiger partial charge on any atom is 0.485 e. The molecule has 1 heterocycles. The molecule has 0 spiro atoms. The SMILES string of the molecule is CN(c1cc(Cl)c(Cl)cc1[N+](C)(C)C)c1ncnc2ccc([N+](=O)[O-])cc12.O=S(=O)([O-])C(F)(F)F. The molecule has 0 radical (unpaired) electrons. The summed E-state index contributed by atoms with van der Waals surface area (Å²) in [6, 6.07) is 8.11. The van der Waals surface area contributed by atoms with Crippen LogP contribution in [0.15, 0.2) is 36.7 Å². The average molecular weight is 556 g/mol. The van der Waals surface area contributed by atoms with Crippen LogP contribution in [0.3, 0.4) is 0 Å². The molecule has 0 N–H and O–H groups in total. The van der Waals surface area contributed by atoms with E-state index in [1.807, 2.05) is 39.2 Å². The number of anilines is 2. The summed E-state index contributed by atoms with van der Waals surface area (Å²) in [6.45, 7) is 0. The van der Waals surface area contributed by atoms with E-state index < -0.39 is 20.5 Å². The van der Waals surface area contributed by atoms with Crippen molar-refractivity contribution in [1.82, 2.24) is 14.5 Å². The summed E-state index contributed by atoms with van der Waals surface area (Å²) < 4.78 is 59.4. The standard InChI is InChI=1S/C18H18Cl2N5O2.CHF3O3S/c1-23(16-8-13(19)14(20)9-17(16)25(2,3)4)18-12-7-11(24(26)27)5-6-15(12)21-10-22-18;2-1(3,4)8(5,6)7/h5-10H,1-4H3;(H,5,6,7)/q+1;/p-1. The number of benzene rings is 2. The molecule has 10 nitrogen and oxygen atoms in total. The van der Waals surface area contributed by atoms with Gasteiger partial charge in [0.25, 0.3) is 5.69 Å². The molecular formula is C19H18Cl2F3N5O5S.